The largest absolute Gasteiger partial charge is 0.328 e. The third-order valence-corrected chi connectivity index (χ3v) is 3.67. The Bertz CT molecular complexity index is 655. The van der Waals surface area contributed by atoms with Gasteiger partial charge >= 0.3 is 5.69 Å². The third-order valence-electron chi connectivity index (χ3n) is 2.75. The Morgan fingerprint density at radius 1 is 1.44 bits per heavy atom. The Hall–Kier alpha value is -1.63. The maximum absolute atomic E-state index is 11.6. The maximum atomic E-state index is 11.6. The van der Waals surface area contributed by atoms with E-state index in [2.05, 4.69) is 26.0 Å². The van der Waals surface area contributed by atoms with Crippen LogP contribution in [0.4, 0.5) is 0 Å². The summed E-state index contributed by atoms with van der Waals surface area (Å²) in [6.07, 6.45) is 2.13. The van der Waals surface area contributed by atoms with Crippen LogP contribution in [-0.2, 0) is 20.0 Å². The van der Waals surface area contributed by atoms with Crippen molar-refractivity contribution in [1.29, 1.82) is 0 Å². The van der Waals surface area contributed by atoms with Crippen molar-refractivity contribution >= 4 is 15.9 Å². The van der Waals surface area contributed by atoms with Crippen LogP contribution in [0.25, 0.3) is 0 Å². The van der Waals surface area contributed by atoms with Crippen molar-refractivity contribution in [1.82, 2.24) is 19.3 Å². The molecule has 0 aromatic carbocycles. The predicted octanol–water partition coefficient (Wildman–Crippen LogP) is 0.643. The molecular weight excluding hydrogens is 300 g/mol. The second kappa shape index (κ2) is 4.93. The molecule has 0 unspecified atom stereocenters. The van der Waals surface area contributed by atoms with Crippen LogP contribution >= 0.6 is 15.9 Å². The van der Waals surface area contributed by atoms with E-state index in [0.717, 1.165) is 26.8 Å². The van der Waals surface area contributed by atoms with Crippen LogP contribution in [0, 0.1) is 0 Å². The molecule has 0 atom stereocenters. The molecule has 7 heteroatoms. The standard InChI is InChI=1S/C11H13BrN4O2/c1-3-7-10(12)8(15(2)14-7)6-16-9(17)4-5-13-11(16)18/h4-5H,3,6H2,1-2H3,(H,13,18). The second-order valence-corrected chi connectivity index (χ2v) is 4.68. The highest BCUT2D eigenvalue weighted by molar-refractivity contribution is 9.10. The average molecular weight is 313 g/mol. The van der Waals surface area contributed by atoms with Gasteiger partial charge in [-0.2, -0.15) is 5.10 Å². The van der Waals surface area contributed by atoms with Crippen molar-refractivity contribution in [2.45, 2.75) is 19.9 Å². The summed E-state index contributed by atoms with van der Waals surface area (Å²) in [4.78, 5) is 25.7. The van der Waals surface area contributed by atoms with E-state index in [1.54, 1.807) is 11.7 Å². The number of aryl methyl sites for hydroxylation is 2. The molecule has 6 nitrogen and oxygen atoms in total. The van der Waals surface area contributed by atoms with Gasteiger partial charge in [-0.25, -0.2) is 4.79 Å². The van der Waals surface area contributed by atoms with Gasteiger partial charge in [-0.05, 0) is 22.4 Å². The number of aromatic amines is 1. The molecule has 0 fully saturated rings. The summed E-state index contributed by atoms with van der Waals surface area (Å²) in [5.74, 6) is 0. The van der Waals surface area contributed by atoms with Crippen LogP contribution in [0.3, 0.4) is 0 Å². The maximum Gasteiger partial charge on any atom is 0.328 e. The zero-order chi connectivity index (χ0) is 13.3. The molecule has 96 valence electrons. The molecule has 2 heterocycles. The Morgan fingerprint density at radius 3 is 2.72 bits per heavy atom. The third kappa shape index (κ3) is 2.17. The van der Waals surface area contributed by atoms with Gasteiger partial charge in [0.15, 0.2) is 0 Å². The second-order valence-electron chi connectivity index (χ2n) is 3.89. The highest BCUT2D eigenvalue weighted by Gasteiger charge is 2.14. The Morgan fingerprint density at radius 2 is 2.17 bits per heavy atom. The fraction of sp³-hybridized carbons (Fsp3) is 0.364. The smallest absolute Gasteiger partial charge is 0.314 e. The highest BCUT2D eigenvalue weighted by Crippen LogP contribution is 2.21. The number of aromatic nitrogens is 4. The lowest BCUT2D eigenvalue weighted by Crippen LogP contribution is -2.34. The molecule has 0 amide bonds. The van der Waals surface area contributed by atoms with Crippen molar-refractivity contribution < 1.29 is 0 Å². The molecule has 0 saturated carbocycles. The molecule has 0 bridgehead atoms. The number of nitrogens with zero attached hydrogens (tertiary/aromatic N) is 3. The first-order valence-electron chi connectivity index (χ1n) is 5.53. The molecule has 0 saturated heterocycles. The van der Waals surface area contributed by atoms with Gasteiger partial charge in [0.05, 0.1) is 22.4 Å². The molecule has 0 aliphatic rings. The van der Waals surface area contributed by atoms with E-state index in [1.165, 1.54) is 12.3 Å². The van der Waals surface area contributed by atoms with Crippen LogP contribution in [0.2, 0.25) is 0 Å². The normalized spacial score (nSPS) is 10.8. The van der Waals surface area contributed by atoms with Gasteiger partial charge in [-0.15, -0.1) is 0 Å². The van der Waals surface area contributed by atoms with E-state index in [4.69, 9.17) is 0 Å². The molecule has 1 N–H and O–H groups in total. The van der Waals surface area contributed by atoms with Gasteiger partial charge in [0.1, 0.15) is 0 Å². The minimum absolute atomic E-state index is 0.194. The summed E-state index contributed by atoms with van der Waals surface area (Å²) >= 11 is 3.46. The molecular formula is C11H13BrN4O2. The molecule has 18 heavy (non-hydrogen) atoms. The van der Waals surface area contributed by atoms with E-state index in [0.29, 0.717) is 0 Å². The minimum atomic E-state index is -0.423. The first-order valence-corrected chi connectivity index (χ1v) is 6.32. The van der Waals surface area contributed by atoms with Gasteiger partial charge in [0, 0.05) is 19.3 Å². The van der Waals surface area contributed by atoms with Crippen molar-refractivity contribution in [2.75, 3.05) is 0 Å². The molecule has 0 aliphatic carbocycles. The lowest BCUT2D eigenvalue weighted by Gasteiger charge is -2.04. The fourth-order valence-electron chi connectivity index (χ4n) is 1.74. The summed E-state index contributed by atoms with van der Waals surface area (Å²) in [6.45, 7) is 2.19. The van der Waals surface area contributed by atoms with Gasteiger partial charge in [0.2, 0.25) is 0 Å². The van der Waals surface area contributed by atoms with Crippen LogP contribution in [0.5, 0.6) is 0 Å². The summed E-state index contributed by atoms with van der Waals surface area (Å²) < 4.78 is 3.67. The first kappa shape index (κ1) is 12.8. The average Bonchev–Trinajstić information content (AvgIpc) is 2.60. The number of nitrogens with one attached hydrogen (secondary N) is 1. The number of hydrogen-bond donors (Lipinski definition) is 1. The van der Waals surface area contributed by atoms with Crippen LogP contribution in [0.15, 0.2) is 26.3 Å². The lowest BCUT2D eigenvalue weighted by atomic mass is 10.3. The van der Waals surface area contributed by atoms with E-state index in [1.807, 2.05) is 6.92 Å². The van der Waals surface area contributed by atoms with Gasteiger partial charge < -0.3 is 4.98 Å². The van der Waals surface area contributed by atoms with Gasteiger partial charge in [0.25, 0.3) is 5.56 Å². The van der Waals surface area contributed by atoms with E-state index in [9.17, 15) is 9.59 Å². The Kier molecular flexibility index (Phi) is 3.51. The molecule has 0 spiro atoms. The van der Waals surface area contributed by atoms with E-state index < -0.39 is 5.69 Å². The SMILES string of the molecule is CCc1nn(C)c(Cn2c(=O)cc[nH]c2=O)c1Br. The van der Waals surface area contributed by atoms with Crippen LogP contribution < -0.4 is 11.2 Å². The fourth-order valence-corrected chi connectivity index (χ4v) is 2.48. The Balaban J connectivity index is 2.50. The zero-order valence-electron chi connectivity index (χ0n) is 10.1. The van der Waals surface area contributed by atoms with Gasteiger partial charge in [-0.3, -0.25) is 14.0 Å². The molecule has 2 aromatic heterocycles. The summed E-state index contributed by atoms with van der Waals surface area (Å²) in [7, 11) is 1.79. The van der Waals surface area contributed by atoms with Crippen molar-refractivity contribution in [3.8, 4) is 0 Å². The minimum Gasteiger partial charge on any atom is -0.314 e. The number of hydrogen-bond acceptors (Lipinski definition) is 3. The van der Waals surface area contributed by atoms with Gasteiger partial charge in [-0.1, -0.05) is 6.92 Å². The predicted molar refractivity (Wildman–Crippen MR) is 70.7 cm³/mol. The zero-order valence-corrected chi connectivity index (χ0v) is 11.7. The number of halogens is 1. The monoisotopic (exact) mass is 312 g/mol. The molecule has 0 aliphatic heterocycles. The molecule has 2 aromatic rings. The quantitative estimate of drug-likeness (QED) is 0.904. The van der Waals surface area contributed by atoms with Crippen LogP contribution in [-0.4, -0.2) is 19.3 Å². The summed E-state index contributed by atoms with van der Waals surface area (Å²) in [5, 5.41) is 4.33. The number of H-pyrrole nitrogens is 1. The highest BCUT2D eigenvalue weighted by atomic mass is 79.9. The first-order chi connectivity index (χ1) is 8.54. The number of rotatable bonds is 3. The van der Waals surface area contributed by atoms with Crippen molar-refractivity contribution in [2.24, 2.45) is 7.05 Å². The van der Waals surface area contributed by atoms with Crippen molar-refractivity contribution in [3.63, 3.8) is 0 Å². The van der Waals surface area contributed by atoms with Crippen molar-refractivity contribution in [3.05, 3.63) is 49.0 Å². The summed E-state index contributed by atoms with van der Waals surface area (Å²) in [5.41, 5.74) is 0.956. The summed E-state index contributed by atoms with van der Waals surface area (Å²) in [6, 6.07) is 1.33. The molecule has 2 rings (SSSR count). The molecule has 0 radical (unpaired) electrons. The van der Waals surface area contributed by atoms with Crippen LogP contribution in [0.1, 0.15) is 18.3 Å². The van der Waals surface area contributed by atoms with E-state index >= 15 is 0 Å². The topological polar surface area (TPSA) is 72.7 Å². The Labute approximate surface area is 111 Å². The lowest BCUT2D eigenvalue weighted by molar-refractivity contribution is 0.624. The van der Waals surface area contributed by atoms with E-state index in [-0.39, 0.29) is 12.1 Å².